The van der Waals surface area contributed by atoms with Crippen LogP contribution >= 0.6 is 30.1 Å². The van der Waals surface area contributed by atoms with Gasteiger partial charge >= 0.3 is 0 Å². The molecule has 2 aromatic heterocycles. The standard InChI is InChI=1S/C12H12N4O2.C6H4IN3S/c17-16(18)10-3-4-11-9(7-10)8-13-14-12(11)15-5-1-2-6-15;7-11-2-1-5-3-9-6(8)10-4-5/h3-4,7-8H,1-2,5-6H2;3-4H,(H2,8,9,10). The highest BCUT2D eigenvalue weighted by atomic mass is 127. The van der Waals surface area contributed by atoms with Crippen molar-refractivity contribution in [2.45, 2.75) is 12.8 Å². The number of aromatic nitrogens is 4. The van der Waals surface area contributed by atoms with Crippen LogP contribution in [0.1, 0.15) is 18.4 Å². The molecule has 1 aromatic carbocycles. The first-order valence-corrected chi connectivity index (χ1v) is 12.0. The molecule has 3 heterocycles. The van der Waals surface area contributed by atoms with E-state index in [0.717, 1.165) is 48.1 Å². The molecule has 0 spiro atoms. The predicted molar refractivity (Wildman–Crippen MR) is 123 cm³/mol. The third kappa shape index (κ3) is 5.64. The van der Waals surface area contributed by atoms with Crippen LogP contribution in [-0.4, -0.2) is 38.2 Å². The van der Waals surface area contributed by atoms with E-state index in [4.69, 9.17) is 5.73 Å². The van der Waals surface area contributed by atoms with Gasteiger partial charge in [-0.2, -0.15) is 5.10 Å². The van der Waals surface area contributed by atoms with Crippen molar-refractivity contribution in [2.24, 2.45) is 0 Å². The van der Waals surface area contributed by atoms with E-state index in [-0.39, 0.29) is 11.6 Å². The molecule has 1 aliphatic rings. The molecule has 4 rings (SSSR count). The summed E-state index contributed by atoms with van der Waals surface area (Å²) in [6.07, 6.45) is 7.09. The zero-order chi connectivity index (χ0) is 20.6. The fourth-order valence-corrected chi connectivity index (χ4v) is 3.30. The summed E-state index contributed by atoms with van der Waals surface area (Å²) in [5.74, 6) is 3.96. The number of rotatable bonds is 2. The lowest BCUT2D eigenvalue weighted by molar-refractivity contribution is -0.384. The van der Waals surface area contributed by atoms with Crippen LogP contribution in [0.2, 0.25) is 0 Å². The molecule has 9 nitrogen and oxygen atoms in total. The maximum absolute atomic E-state index is 10.7. The Labute approximate surface area is 183 Å². The van der Waals surface area contributed by atoms with Gasteiger partial charge in [0.25, 0.3) is 5.69 Å². The Morgan fingerprint density at radius 2 is 1.93 bits per heavy atom. The monoisotopic (exact) mass is 521 g/mol. The minimum absolute atomic E-state index is 0.0860. The van der Waals surface area contributed by atoms with Gasteiger partial charge in [0.15, 0.2) is 5.82 Å². The molecule has 0 aliphatic carbocycles. The molecule has 148 valence electrons. The van der Waals surface area contributed by atoms with Gasteiger partial charge in [0.2, 0.25) is 5.95 Å². The van der Waals surface area contributed by atoms with Gasteiger partial charge in [-0.3, -0.25) is 10.1 Å². The minimum Gasteiger partial charge on any atom is -0.368 e. The Balaban J connectivity index is 0.000000188. The van der Waals surface area contributed by atoms with Gasteiger partial charge in [0.05, 0.1) is 16.7 Å². The highest BCUT2D eigenvalue weighted by Gasteiger charge is 2.17. The second-order valence-electron chi connectivity index (χ2n) is 6.03. The predicted octanol–water partition coefficient (Wildman–Crippen LogP) is 3.59. The van der Waals surface area contributed by atoms with E-state index in [2.05, 4.69) is 57.4 Å². The van der Waals surface area contributed by atoms with Crippen molar-refractivity contribution in [1.82, 2.24) is 20.2 Å². The molecule has 11 heteroatoms. The number of anilines is 2. The first-order valence-electron chi connectivity index (χ1n) is 8.59. The summed E-state index contributed by atoms with van der Waals surface area (Å²) in [7, 11) is 1.42. The highest BCUT2D eigenvalue weighted by Crippen LogP contribution is 2.28. The first kappa shape index (κ1) is 21.0. The fourth-order valence-electron chi connectivity index (χ4n) is 2.82. The molecule has 29 heavy (non-hydrogen) atoms. The van der Waals surface area contributed by atoms with Crippen LogP contribution in [0.3, 0.4) is 0 Å². The zero-order valence-electron chi connectivity index (χ0n) is 15.2. The molecular weight excluding hydrogens is 505 g/mol. The van der Waals surface area contributed by atoms with Crippen LogP contribution in [0.15, 0.2) is 36.8 Å². The average molecular weight is 521 g/mol. The third-order valence-corrected chi connectivity index (χ3v) is 4.99. The van der Waals surface area contributed by atoms with Crippen molar-refractivity contribution in [3.63, 3.8) is 0 Å². The second-order valence-corrected chi connectivity index (χ2v) is 7.70. The van der Waals surface area contributed by atoms with Crippen molar-refractivity contribution >= 4 is 58.4 Å². The van der Waals surface area contributed by atoms with Crippen LogP contribution in [0.5, 0.6) is 0 Å². The summed E-state index contributed by atoms with van der Waals surface area (Å²) in [5.41, 5.74) is 6.15. The lowest BCUT2D eigenvalue weighted by Gasteiger charge is -2.17. The average Bonchev–Trinajstić information content (AvgIpc) is 3.27. The van der Waals surface area contributed by atoms with E-state index in [0.29, 0.717) is 0 Å². The van der Waals surface area contributed by atoms with Gasteiger partial charge in [-0.1, -0.05) is 5.92 Å². The lowest BCUT2D eigenvalue weighted by Crippen LogP contribution is -2.19. The van der Waals surface area contributed by atoms with Crippen molar-refractivity contribution in [3.05, 3.63) is 52.5 Å². The largest absolute Gasteiger partial charge is 0.368 e. The van der Waals surface area contributed by atoms with Crippen LogP contribution in [0, 0.1) is 21.3 Å². The number of non-ortho nitro benzene ring substituents is 1. The number of nitrogen functional groups attached to an aromatic ring is 1. The third-order valence-electron chi connectivity index (χ3n) is 4.15. The Morgan fingerprint density at radius 3 is 2.59 bits per heavy atom. The molecule has 0 radical (unpaired) electrons. The van der Waals surface area contributed by atoms with E-state index in [1.165, 1.54) is 15.0 Å². The fraction of sp³-hybridized carbons (Fsp3) is 0.222. The molecule has 1 saturated heterocycles. The number of nitro benzene ring substituents is 1. The van der Waals surface area contributed by atoms with E-state index in [9.17, 15) is 10.1 Å². The first-order chi connectivity index (χ1) is 14.1. The molecule has 1 aliphatic heterocycles. The normalized spacial score (nSPS) is 12.7. The van der Waals surface area contributed by atoms with Crippen molar-refractivity contribution in [3.8, 4) is 11.2 Å². The molecule has 0 saturated carbocycles. The van der Waals surface area contributed by atoms with Gasteiger partial charge in [-0.25, -0.2) is 9.97 Å². The second kappa shape index (κ2) is 10.2. The summed E-state index contributed by atoms with van der Waals surface area (Å²) < 4.78 is 0. The van der Waals surface area contributed by atoms with Crippen molar-refractivity contribution in [2.75, 3.05) is 23.7 Å². The molecular formula is C18H16IN7O2S. The number of fused-ring (bicyclic) bond motifs is 1. The van der Waals surface area contributed by atoms with Crippen LogP contribution in [0.25, 0.3) is 10.8 Å². The Hall–Kier alpha value is -2.72. The SMILES string of the molecule is Nc1ncc(C#CSI)cn1.O=[N+]([O-])c1ccc2c(N3CCCC3)nncc2c1. The number of hydrogen-bond acceptors (Lipinski definition) is 9. The van der Waals surface area contributed by atoms with Gasteiger partial charge in [0, 0.05) is 69.6 Å². The number of nitrogens with two attached hydrogens (primary N) is 1. The van der Waals surface area contributed by atoms with Gasteiger partial charge in [0.1, 0.15) is 0 Å². The molecule has 0 atom stereocenters. The van der Waals surface area contributed by atoms with E-state index < -0.39 is 4.92 Å². The van der Waals surface area contributed by atoms with Crippen LogP contribution < -0.4 is 10.6 Å². The number of nitrogens with zero attached hydrogens (tertiary/aromatic N) is 6. The van der Waals surface area contributed by atoms with Gasteiger partial charge in [-0.05, 0) is 33.1 Å². The molecule has 0 unspecified atom stereocenters. The highest BCUT2D eigenvalue weighted by molar-refractivity contribution is 14.2. The van der Waals surface area contributed by atoms with E-state index in [1.807, 2.05) is 0 Å². The summed E-state index contributed by atoms with van der Waals surface area (Å²) >= 11 is 2.10. The Kier molecular flexibility index (Phi) is 7.36. The lowest BCUT2D eigenvalue weighted by atomic mass is 10.1. The summed E-state index contributed by atoms with van der Waals surface area (Å²) in [6.45, 7) is 1.95. The molecule has 3 aromatic rings. The summed E-state index contributed by atoms with van der Waals surface area (Å²) in [5, 5.41) is 23.4. The van der Waals surface area contributed by atoms with Crippen molar-refractivity contribution < 1.29 is 4.92 Å². The Bertz CT molecular complexity index is 1060. The van der Waals surface area contributed by atoms with Crippen molar-refractivity contribution in [1.29, 1.82) is 0 Å². The molecule has 0 bridgehead atoms. The van der Waals surface area contributed by atoms with Crippen LogP contribution in [0.4, 0.5) is 17.5 Å². The van der Waals surface area contributed by atoms with Gasteiger partial charge < -0.3 is 10.6 Å². The topological polar surface area (TPSA) is 124 Å². The maximum atomic E-state index is 10.7. The zero-order valence-corrected chi connectivity index (χ0v) is 18.1. The van der Waals surface area contributed by atoms with Gasteiger partial charge in [-0.15, -0.1) is 5.10 Å². The molecule has 1 fully saturated rings. The van der Waals surface area contributed by atoms with E-state index >= 15 is 0 Å². The van der Waals surface area contributed by atoms with Crippen LogP contribution in [-0.2, 0) is 0 Å². The quantitative estimate of drug-likeness (QED) is 0.233. The molecule has 0 amide bonds. The van der Waals surface area contributed by atoms with E-state index in [1.54, 1.807) is 30.7 Å². The summed E-state index contributed by atoms with van der Waals surface area (Å²) in [6, 6.07) is 4.82. The number of hydrogen-bond donors (Lipinski definition) is 1. The molecule has 2 N–H and O–H groups in total. The minimum atomic E-state index is -0.393. The number of benzene rings is 1. The number of nitro groups is 1. The number of halogens is 1. The smallest absolute Gasteiger partial charge is 0.270 e. The summed E-state index contributed by atoms with van der Waals surface area (Å²) in [4.78, 5) is 20.1. The maximum Gasteiger partial charge on any atom is 0.270 e. The Morgan fingerprint density at radius 1 is 1.21 bits per heavy atom.